The van der Waals surface area contributed by atoms with E-state index >= 15 is 0 Å². The molecular weight excluding hydrogens is 409 g/mol. The number of hydrogen-bond acceptors (Lipinski definition) is 5. The number of hydrogen-bond donors (Lipinski definition) is 3. The van der Waals surface area contributed by atoms with Crippen LogP contribution in [0.15, 0.2) is 0 Å². The fourth-order valence-corrected chi connectivity index (χ4v) is 5.35. The molecule has 0 saturated carbocycles. The van der Waals surface area contributed by atoms with E-state index in [0.29, 0.717) is 38.0 Å². The third kappa shape index (κ3) is 5.17. The lowest BCUT2D eigenvalue weighted by Crippen LogP contribution is -2.59. The Hall–Kier alpha value is -1.93. The van der Waals surface area contributed by atoms with Gasteiger partial charge in [0.15, 0.2) is 0 Å². The summed E-state index contributed by atoms with van der Waals surface area (Å²) in [6.07, 6.45) is 2.84. The Labute approximate surface area is 170 Å². The zero-order valence-electron chi connectivity index (χ0n) is 15.6. The van der Waals surface area contributed by atoms with Crippen LogP contribution in [-0.4, -0.2) is 71.1 Å². The van der Waals surface area contributed by atoms with Crippen molar-refractivity contribution in [2.45, 2.75) is 55.4 Å². The molecule has 3 N–H and O–H groups in total. The number of nitrogens with one attached hydrogen (secondary N) is 3. The first-order valence-electron chi connectivity index (χ1n) is 9.47. The fraction of sp³-hybridized carbons (Fsp3) is 0.722. The number of nitrogens with zero attached hydrogens (tertiary/aromatic N) is 1. The van der Waals surface area contributed by atoms with Crippen LogP contribution in [0.3, 0.4) is 0 Å². The highest BCUT2D eigenvalue weighted by Gasteiger charge is 2.47. The molecular formula is C18H23F3N4O3S. The Morgan fingerprint density at radius 1 is 1.34 bits per heavy atom. The second kappa shape index (κ2) is 8.83. The molecule has 160 valence electrons. The van der Waals surface area contributed by atoms with Crippen LogP contribution in [0.25, 0.3) is 0 Å². The molecule has 0 aromatic carbocycles. The third-order valence-corrected chi connectivity index (χ3v) is 6.76. The minimum atomic E-state index is -4.42. The Kier molecular flexibility index (Phi) is 6.63. The number of terminal acetylenes is 1. The van der Waals surface area contributed by atoms with E-state index in [-0.39, 0.29) is 17.2 Å². The quantitative estimate of drug-likeness (QED) is 0.523. The first-order valence-corrected chi connectivity index (χ1v) is 10.5. The average molecular weight is 432 g/mol. The number of carbonyl (C=O) groups excluding carboxylic acids is 3. The maximum atomic E-state index is 12.8. The zero-order chi connectivity index (χ0) is 21.2. The van der Waals surface area contributed by atoms with Crippen molar-refractivity contribution in [3.63, 3.8) is 0 Å². The minimum absolute atomic E-state index is 0.0965. The summed E-state index contributed by atoms with van der Waals surface area (Å²) in [6, 6.07) is -2.41. The van der Waals surface area contributed by atoms with Gasteiger partial charge in [-0.15, -0.1) is 18.2 Å². The number of rotatable bonds is 6. The van der Waals surface area contributed by atoms with Crippen LogP contribution in [0.4, 0.5) is 13.2 Å². The highest BCUT2D eigenvalue weighted by atomic mass is 32.2. The second-order valence-corrected chi connectivity index (χ2v) is 8.63. The van der Waals surface area contributed by atoms with Crippen LogP contribution in [-0.2, 0) is 14.4 Å². The lowest BCUT2D eigenvalue weighted by atomic mass is 9.98. The SMILES string of the molecule is C#CC(CC1CCNC1=O)NC(=O)C1CSC2CCC(NCC(F)(F)F)C(=O)N21. The standard InChI is InChI=1S/C18H23F3N4O3S/c1-2-11(7-10-5-6-22-15(10)26)24-16(27)13-8-29-14-4-3-12(17(28)25(13)14)23-9-18(19,20)21/h1,10-14,23H,3-9H2,(H,22,26)(H,24,27). The lowest BCUT2D eigenvalue weighted by Gasteiger charge is -2.37. The summed E-state index contributed by atoms with van der Waals surface area (Å²) in [5, 5.41) is 7.46. The van der Waals surface area contributed by atoms with Crippen molar-refractivity contribution < 1.29 is 27.6 Å². The molecule has 3 heterocycles. The van der Waals surface area contributed by atoms with Gasteiger partial charge < -0.3 is 15.5 Å². The average Bonchev–Trinajstić information content (AvgIpc) is 3.26. The van der Waals surface area contributed by atoms with E-state index < -0.39 is 42.7 Å². The van der Waals surface area contributed by atoms with Gasteiger partial charge in [0.1, 0.15) is 6.04 Å². The van der Waals surface area contributed by atoms with Gasteiger partial charge >= 0.3 is 6.18 Å². The number of fused-ring (bicyclic) bond motifs is 1. The summed E-state index contributed by atoms with van der Waals surface area (Å²) in [6.45, 7) is -0.682. The molecule has 29 heavy (non-hydrogen) atoms. The van der Waals surface area contributed by atoms with Crippen LogP contribution in [0.2, 0.25) is 0 Å². The molecule has 0 radical (unpaired) electrons. The first kappa shape index (κ1) is 21.8. The number of piperidine rings is 1. The minimum Gasteiger partial charge on any atom is -0.356 e. The number of amides is 3. The van der Waals surface area contributed by atoms with E-state index in [4.69, 9.17) is 6.42 Å². The van der Waals surface area contributed by atoms with Crippen molar-refractivity contribution in [1.29, 1.82) is 0 Å². The summed E-state index contributed by atoms with van der Waals surface area (Å²) in [5.41, 5.74) is 0. The van der Waals surface area contributed by atoms with Gasteiger partial charge in [0.25, 0.3) is 0 Å². The van der Waals surface area contributed by atoms with Crippen LogP contribution in [0, 0.1) is 18.3 Å². The summed E-state index contributed by atoms with van der Waals surface area (Å²) in [5.74, 6) is 1.53. The molecule has 0 bridgehead atoms. The van der Waals surface area contributed by atoms with E-state index in [1.54, 1.807) is 0 Å². The van der Waals surface area contributed by atoms with Crippen LogP contribution >= 0.6 is 11.8 Å². The number of halogens is 3. The zero-order valence-corrected chi connectivity index (χ0v) is 16.4. The molecule has 3 rings (SSSR count). The molecule has 0 aliphatic carbocycles. The Morgan fingerprint density at radius 2 is 2.10 bits per heavy atom. The van der Waals surface area contributed by atoms with Crippen molar-refractivity contribution in [3.8, 4) is 12.3 Å². The van der Waals surface area contributed by atoms with Gasteiger partial charge in [0, 0.05) is 18.2 Å². The van der Waals surface area contributed by atoms with E-state index in [1.165, 1.54) is 16.7 Å². The lowest BCUT2D eigenvalue weighted by molar-refractivity contribution is -0.147. The molecule has 5 atom stereocenters. The van der Waals surface area contributed by atoms with Gasteiger partial charge in [-0.25, -0.2) is 0 Å². The monoisotopic (exact) mass is 432 g/mol. The van der Waals surface area contributed by atoms with Crippen LogP contribution in [0.5, 0.6) is 0 Å². The van der Waals surface area contributed by atoms with Gasteiger partial charge in [0.05, 0.1) is 24.0 Å². The van der Waals surface area contributed by atoms with Crippen LogP contribution in [0.1, 0.15) is 25.7 Å². The molecule has 11 heteroatoms. The van der Waals surface area contributed by atoms with E-state index in [1.807, 2.05) is 0 Å². The van der Waals surface area contributed by atoms with Crippen molar-refractivity contribution >= 4 is 29.5 Å². The van der Waals surface area contributed by atoms with Gasteiger partial charge in [-0.05, 0) is 25.7 Å². The smallest absolute Gasteiger partial charge is 0.356 e. The second-order valence-electron chi connectivity index (χ2n) is 7.42. The van der Waals surface area contributed by atoms with Gasteiger partial charge in [-0.2, -0.15) is 13.2 Å². The topological polar surface area (TPSA) is 90.5 Å². The maximum absolute atomic E-state index is 12.8. The van der Waals surface area contributed by atoms with E-state index in [0.717, 1.165) is 0 Å². The Balaban J connectivity index is 1.60. The van der Waals surface area contributed by atoms with Gasteiger partial charge in [-0.1, -0.05) is 5.92 Å². The highest BCUT2D eigenvalue weighted by molar-refractivity contribution is 8.00. The summed E-state index contributed by atoms with van der Waals surface area (Å²) in [4.78, 5) is 38.6. The number of alkyl halides is 3. The third-order valence-electron chi connectivity index (χ3n) is 5.40. The molecule has 0 aromatic heterocycles. The summed E-state index contributed by atoms with van der Waals surface area (Å²) >= 11 is 1.44. The molecule has 0 aromatic rings. The van der Waals surface area contributed by atoms with E-state index in [9.17, 15) is 27.6 Å². The van der Waals surface area contributed by atoms with Crippen molar-refractivity contribution in [3.05, 3.63) is 0 Å². The highest BCUT2D eigenvalue weighted by Crippen LogP contribution is 2.36. The molecule has 3 saturated heterocycles. The number of thioether (sulfide) groups is 1. The number of carbonyl (C=O) groups is 3. The van der Waals surface area contributed by atoms with E-state index in [2.05, 4.69) is 21.9 Å². The molecule has 3 amide bonds. The molecule has 7 nitrogen and oxygen atoms in total. The first-order chi connectivity index (χ1) is 13.7. The molecule has 3 aliphatic heterocycles. The normalized spacial score (nSPS) is 30.5. The Bertz CT molecular complexity index is 711. The largest absolute Gasteiger partial charge is 0.401 e. The summed E-state index contributed by atoms with van der Waals surface area (Å²) < 4.78 is 37.5. The fourth-order valence-electron chi connectivity index (χ4n) is 3.92. The molecule has 0 spiro atoms. The predicted molar refractivity (Wildman–Crippen MR) is 100 cm³/mol. The predicted octanol–water partition coefficient (Wildman–Crippen LogP) is 0.215. The summed E-state index contributed by atoms with van der Waals surface area (Å²) in [7, 11) is 0. The molecule has 3 fully saturated rings. The van der Waals surface area contributed by atoms with Gasteiger partial charge in [0.2, 0.25) is 17.7 Å². The van der Waals surface area contributed by atoms with Crippen molar-refractivity contribution in [1.82, 2.24) is 20.9 Å². The Morgan fingerprint density at radius 3 is 2.72 bits per heavy atom. The molecule has 5 unspecified atom stereocenters. The van der Waals surface area contributed by atoms with Gasteiger partial charge in [-0.3, -0.25) is 19.7 Å². The van der Waals surface area contributed by atoms with Crippen molar-refractivity contribution in [2.24, 2.45) is 5.92 Å². The maximum Gasteiger partial charge on any atom is 0.401 e. The molecule has 3 aliphatic rings. The van der Waals surface area contributed by atoms with Crippen LogP contribution < -0.4 is 16.0 Å². The van der Waals surface area contributed by atoms with Crippen molar-refractivity contribution in [2.75, 3.05) is 18.8 Å².